The summed E-state index contributed by atoms with van der Waals surface area (Å²) in [5.41, 5.74) is 3.54. The third-order valence-electron chi connectivity index (χ3n) is 5.57. The van der Waals surface area contributed by atoms with E-state index in [1.807, 2.05) is 38.1 Å². The van der Waals surface area contributed by atoms with E-state index in [1.165, 1.54) is 6.07 Å². The molecule has 0 unspecified atom stereocenters. The Morgan fingerprint density at radius 1 is 0.971 bits per heavy atom. The summed E-state index contributed by atoms with van der Waals surface area (Å²) >= 11 is 0. The Labute approximate surface area is 196 Å². The number of nitrogens with one attached hydrogen (secondary N) is 1. The van der Waals surface area contributed by atoms with E-state index >= 15 is 0 Å². The lowest BCUT2D eigenvalue weighted by Crippen LogP contribution is -2.12. The molecule has 172 valence electrons. The van der Waals surface area contributed by atoms with Gasteiger partial charge in [0.1, 0.15) is 11.3 Å². The fourth-order valence-corrected chi connectivity index (χ4v) is 4.78. The summed E-state index contributed by atoms with van der Waals surface area (Å²) in [5, 5.41) is 4.73. The molecule has 8 nitrogen and oxygen atoms in total. The number of aryl methyl sites for hydroxylation is 2. The van der Waals surface area contributed by atoms with Gasteiger partial charge in [-0.25, -0.2) is 8.42 Å². The third-order valence-corrected chi connectivity index (χ3v) is 6.95. The zero-order valence-corrected chi connectivity index (χ0v) is 19.5. The SMILES string of the molecule is COc1ccc(NS(=O)(=O)c2ccc3oc(-c4nc(-c5ccccc5C)no4)c(C)c3c2)cc1. The van der Waals surface area contributed by atoms with Crippen molar-refractivity contribution in [2.45, 2.75) is 18.7 Å². The van der Waals surface area contributed by atoms with Crippen LogP contribution >= 0.6 is 0 Å². The van der Waals surface area contributed by atoms with Crippen molar-refractivity contribution in [3.8, 4) is 28.8 Å². The van der Waals surface area contributed by atoms with Crippen LogP contribution in [0.5, 0.6) is 5.75 Å². The lowest BCUT2D eigenvalue weighted by Gasteiger charge is -2.09. The fraction of sp³-hybridized carbons (Fsp3) is 0.120. The number of ether oxygens (including phenoxy) is 1. The minimum absolute atomic E-state index is 0.109. The van der Waals surface area contributed by atoms with Gasteiger partial charge in [-0.15, -0.1) is 0 Å². The van der Waals surface area contributed by atoms with Crippen molar-refractivity contribution >= 4 is 26.7 Å². The summed E-state index contributed by atoms with van der Waals surface area (Å²) in [6.07, 6.45) is 0. The van der Waals surface area contributed by atoms with Crippen molar-refractivity contribution < 1.29 is 22.1 Å². The molecule has 0 saturated heterocycles. The van der Waals surface area contributed by atoms with Crippen LogP contribution in [0.25, 0.3) is 34.0 Å². The topological polar surface area (TPSA) is 107 Å². The Morgan fingerprint density at radius 3 is 2.47 bits per heavy atom. The Bertz CT molecular complexity index is 1600. The number of furan rings is 1. The Morgan fingerprint density at radius 2 is 1.74 bits per heavy atom. The average molecular weight is 476 g/mol. The lowest BCUT2D eigenvalue weighted by molar-refractivity contribution is 0.415. The number of aromatic nitrogens is 2. The van der Waals surface area contributed by atoms with Gasteiger partial charge in [-0.2, -0.15) is 4.98 Å². The van der Waals surface area contributed by atoms with Crippen molar-refractivity contribution in [2.75, 3.05) is 11.8 Å². The normalized spacial score (nSPS) is 11.6. The molecular formula is C25H21N3O5S. The second kappa shape index (κ2) is 8.35. The van der Waals surface area contributed by atoms with Gasteiger partial charge in [0.15, 0.2) is 5.76 Å². The molecule has 0 atom stereocenters. The van der Waals surface area contributed by atoms with Gasteiger partial charge in [0.05, 0.1) is 12.0 Å². The van der Waals surface area contributed by atoms with E-state index in [0.717, 1.165) is 11.1 Å². The fourth-order valence-electron chi connectivity index (χ4n) is 3.69. The smallest absolute Gasteiger partial charge is 0.294 e. The quantitative estimate of drug-likeness (QED) is 0.342. The zero-order valence-electron chi connectivity index (χ0n) is 18.7. The zero-order chi connectivity index (χ0) is 23.9. The van der Waals surface area contributed by atoms with Gasteiger partial charge in [0.25, 0.3) is 15.9 Å². The molecule has 0 amide bonds. The molecular weight excluding hydrogens is 454 g/mol. The molecule has 34 heavy (non-hydrogen) atoms. The molecule has 0 aliphatic carbocycles. The highest BCUT2D eigenvalue weighted by Gasteiger charge is 2.22. The van der Waals surface area contributed by atoms with E-state index in [4.69, 9.17) is 13.7 Å². The van der Waals surface area contributed by atoms with Crippen LogP contribution in [0.1, 0.15) is 11.1 Å². The molecule has 0 aliphatic rings. The maximum absolute atomic E-state index is 13.0. The average Bonchev–Trinajstić information content (AvgIpc) is 3.44. The Kier molecular flexibility index (Phi) is 5.33. The van der Waals surface area contributed by atoms with Gasteiger partial charge in [-0.05, 0) is 61.9 Å². The van der Waals surface area contributed by atoms with Crippen LogP contribution in [0.3, 0.4) is 0 Å². The molecule has 0 fully saturated rings. The monoisotopic (exact) mass is 475 g/mol. The summed E-state index contributed by atoms with van der Waals surface area (Å²) in [6.45, 7) is 3.80. The van der Waals surface area contributed by atoms with E-state index in [2.05, 4.69) is 14.9 Å². The molecule has 0 radical (unpaired) electrons. The van der Waals surface area contributed by atoms with Crippen LogP contribution < -0.4 is 9.46 Å². The van der Waals surface area contributed by atoms with Crippen LogP contribution in [0, 0.1) is 13.8 Å². The molecule has 3 aromatic carbocycles. The summed E-state index contributed by atoms with van der Waals surface area (Å²) in [4.78, 5) is 4.61. The standard InChI is InChI=1S/C25H21N3O5S/c1-15-6-4-5-7-20(15)24-26-25(33-27-24)23-16(2)21-14-19(12-13-22(21)32-23)34(29,30)28-17-8-10-18(31-3)11-9-17/h4-14,28H,1-3H3. The number of methoxy groups -OCH3 is 1. The van der Waals surface area contributed by atoms with Crippen molar-refractivity contribution in [2.24, 2.45) is 0 Å². The molecule has 0 saturated carbocycles. The largest absolute Gasteiger partial charge is 0.497 e. The number of fused-ring (bicyclic) bond motifs is 1. The van der Waals surface area contributed by atoms with E-state index < -0.39 is 10.0 Å². The summed E-state index contributed by atoms with van der Waals surface area (Å²) in [7, 11) is -2.27. The summed E-state index contributed by atoms with van der Waals surface area (Å²) in [6, 6.07) is 19.1. The summed E-state index contributed by atoms with van der Waals surface area (Å²) < 4.78 is 45.0. The van der Waals surface area contributed by atoms with Crippen molar-refractivity contribution in [3.63, 3.8) is 0 Å². The van der Waals surface area contributed by atoms with Gasteiger partial charge in [0.2, 0.25) is 5.82 Å². The number of sulfonamides is 1. The van der Waals surface area contributed by atoms with Gasteiger partial charge < -0.3 is 13.7 Å². The number of hydrogen-bond donors (Lipinski definition) is 1. The summed E-state index contributed by atoms with van der Waals surface area (Å²) in [5.74, 6) is 1.73. The minimum Gasteiger partial charge on any atom is -0.497 e. The molecule has 9 heteroatoms. The molecule has 0 spiro atoms. The Hall–Kier alpha value is -4.11. The third kappa shape index (κ3) is 3.90. The van der Waals surface area contributed by atoms with Crippen LogP contribution in [0.2, 0.25) is 0 Å². The highest BCUT2D eigenvalue weighted by molar-refractivity contribution is 7.92. The molecule has 1 N–H and O–H groups in total. The van der Waals surface area contributed by atoms with Crippen LogP contribution in [0.4, 0.5) is 5.69 Å². The molecule has 0 aliphatic heterocycles. The van der Waals surface area contributed by atoms with Gasteiger partial charge in [0, 0.05) is 22.2 Å². The number of anilines is 1. The van der Waals surface area contributed by atoms with E-state index in [0.29, 0.717) is 39.6 Å². The van der Waals surface area contributed by atoms with Crippen LogP contribution in [0.15, 0.2) is 80.6 Å². The molecule has 2 aromatic heterocycles. The molecule has 0 bridgehead atoms. The number of benzene rings is 3. The highest BCUT2D eigenvalue weighted by Crippen LogP contribution is 2.35. The number of nitrogens with zero attached hydrogens (tertiary/aromatic N) is 2. The predicted molar refractivity (Wildman–Crippen MR) is 128 cm³/mol. The molecule has 5 aromatic rings. The second-order valence-corrected chi connectivity index (χ2v) is 9.47. The Balaban J connectivity index is 1.48. The first kappa shape index (κ1) is 21.7. The second-order valence-electron chi connectivity index (χ2n) is 7.79. The van der Waals surface area contributed by atoms with Crippen molar-refractivity contribution in [1.29, 1.82) is 0 Å². The first-order chi connectivity index (χ1) is 16.4. The maximum atomic E-state index is 13.0. The predicted octanol–water partition coefficient (Wildman–Crippen LogP) is 5.58. The number of hydrogen-bond acceptors (Lipinski definition) is 7. The lowest BCUT2D eigenvalue weighted by atomic mass is 10.1. The first-order valence-electron chi connectivity index (χ1n) is 10.5. The van der Waals surface area contributed by atoms with E-state index in [-0.39, 0.29) is 10.8 Å². The van der Waals surface area contributed by atoms with Gasteiger partial charge in [-0.3, -0.25) is 4.72 Å². The molecule has 2 heterocycles. The maximum Gasteiger partial charge on any atom is 0.294 e. The minimum atomic E-state index is -3.82. The van der Waals surface area contributed by atoms with Crippen molar-refractivity contribution in [1.82, 2.24) is 10.1 Å². The number of rotatable bonds is 6. The first-order valence-corrected chi connectivity index (χ1v) is 11.9. The van der Waals surface area contributed by atoms with Crippen LogP contribution in [-0.2, 0) is 10.0 Å². The van der Waals surface area contributed by atoms with Crippen LogP contribution in [-0.4, -0.2) is 25.7 Å². The van der Waals surface area contributed by atoms with Gasteiger partial charge >= 0.3 is 0 Å². The van der Waals surface area contributed by atoms with Crippen molar-refractivity contribution in [3.05, 3.63) is 77.9 Å². The molecule has 5 rings (SSSR count). The van der Waals surface area contributed by atoms with E-state index in [9.17, 15) is 8.42 Å². The van der Waals surface area contributed by atoms with Gasteiger partial charge in [-0.1, -0.05) is 29.4 Å². The van der Waals surface area contributed by atoms with E-state index in [1.54, 1.807) is 43.5 Å². The highest BCUT2D eigenvalue weighted by atomic mass is 32.2.